The lowest BCUT2D eigenvalue weighted by Crippen LogP contribution is -2.30. The van der Waals surface area contributed by atoms with Crippen molar-refractivity contribution in [1.82, 2.24) is 0 Å². The lowest BCUT2D eigenvalue weighted by Gasteiger charge is -2.21. The quantitative estimate of drug-likeness (QED) is 0.0146. The van der Waals surface area contributed by atoms with Crippen molar-refractivity contribution >= 4 is 33.6 Å². The first-order chi connectivity index (χ1) is 63.2. The van der Waals surface area contributed by atoms with E-state index in [1.54, 1.807) is 0 Å². The van der Waals surface area contributed by atoms with Crippen molar-refractivity contribution in [3.05, 3.63) is 170 Å². The number of hydrogen-bond donors (Lipinski definition) is 4. The fourth-order valence-corrected chi connectivity index (χ4v) is 16.1. The topological polar surface area (TPSA) is 231 Å². The monoisotopic (exact) mass is 1840 g/mol. The normalized spacial score (nSPS) is 14.3. The minimum atomic E-state index is -4.96. The first kappa shape index (κ1) is 124. The molecule has 0 aromatic rings. The van der Waals surface area contributed by atoms with Crippen LogP contribution in [0.3, 0.4) is 0 Å². The highest BCUT2D eigenvalue weighted by Crippen LogP contribution is 2.45. The van der Waals surface area contributed by atoms with Crippen LogP contribution in [0.15, 0.2) is 170 Å². The summed E-state index contributed by atoms with van der Waals surface area (Å²) in [5.41, 5.74) is 0. The number of phosphoric acid groups is 2. The zero-order chi connectivity index (χ0) is 93.5. The summed E-state index contributed by atoms with van der Waals surface area (Å²) >= 11 is 0. The maximum atomic E-state index is 13.1. The van der Waals surface area contributed by atoms with Gasteiger partial charge in [-0.3, -0.25) is 32.5 Å². The average molecular weight is 1840 g/mol. The summed E-state index contributed by atoms with van der Waals surface area (Å²) in [7, 11) is -9.83. The Labute approximate surface area is 790 Å². The minimum absolute atomic E-state index is 0.0721. The zero-order valence-electron chi connectivity index (χ0n) is 82.3. The maximum Gasteiger partial charge on any atom is 0.472 e. The molecule has 129 heavy (non-hydrogen) atoms. The van der Waals surface area contributed by atoms with Crippen LogP contribution in [0.2, 0.25) is 0 Å². The van der Waals surface area contributed by atoms with E-state index in [2.05, 4.69) is 191 Å². The summed E-state index contributed by atoms with van der Waals surface area (Å²) < 4.78 is 61.7. The summed E-state index contributed by atoms with van der Waals surface area (Å²) in [5, 5.41) is 20.8. The number of aliphatic hydroxyl groups is 2. The Morgan fingerprint density at radius 2 is 0.411 bits per heavy atom. The molecule has 0 amide bonds. The van der Waals surface area contributed by atoms with Gasteiger partial charge in [0.25, 0.3) is 0 Å². The Hall–Kier alpha value is -5.09. The van der Waals surface area contributed by atoms with Crippen LogP contribution in [0.4, 0.5) is 0 Å². The number of ether oxygens (including phenoxy) is 3. The molecule has 0 saturated heterocycles. The molecule has 0 aliphatic rings. The SMILES string of the molecule is CC/C=C\C/C=C\C/C=C\C/C=C\C/C=C\C/C=C\CCCCCCC(=O)OC(COC(=O)CCCCCCCCCCCCCCCCCCCCC/C=C\C/C=C\C/C=C\C/C=C\CCCCC)COP(=O)(O)OCC(O)COP(=O)(O)OCC(O)COC(=O)CCCCCCCCCCCCCCCCCCCCC/C=C\C/C=C\C/C=C\C/C=C\CCCCC. The molecule has 0 saturated carbocycles. The molecule has 0 radical (unpaired) electrons. The molecule has 16 nitrogen and oxygen atoms in total. The molecular weight excluding hydrogens is 1650 g/mol. The van der Waals surface area contributed by atoms with Crippen LogP contribution in [-0.4, -0.2) is 95.9 Å². The van der Waals surface area contributed by atoms with Gasteiger partial charge in [0.1, 0.15) is 25.4 Å². The molecule has 18 heteroatoms. The fraction of sp³-hybridized carbons (Fsp3) is 0.721. The third-order valence-electron chi connectivity index (χ3n) is 22.4. The van der Waals surface area contributed by atoms with Gasteiger partial charge in [-0.1, -0.05) is 448 Å². The van der Waals surface area contributed by atoms with Crippen molar-refractivity contribution in [1.29, 1.82) is 0 Å². The molecule has 0 bridgehead atoms. The van der Waals surface area contributed by atoms with Crippen molar-refractivity contribution < 1.29 is 75.8 Å². The molecular formula is C111H192O16P2. The van der Waals surface area contributed by atoms with Crippen LogP contribution in [-0.2, 0) is 55.8 Å². The molecule has 0 fully saturated rings. The van der Waals surface area contributed by atoms with Crippen molar-refractivity contribution in [3.63, 3.8) is 0 Å². The molecule has 4 N–H and O–H groups in total. The Kier molecular flexibility index (Phi) is 97.8. The standard InChI is InChI=1S/C111H192O16P2/c1-4-7-10-13-16-19-22-25-28-31-34-37-40-42-44-46-48-50-52-54-56-58-60-62-65-67-70-73-76-79-82-85-88-91-94-97-109(114)121-100-106(112)101-123-128(117,118)124-102-107(113)103-125-129(119,120)126-105-108(127-111(116)99-96-93-90-87-84-81-78-75-72-69-64-39-36-33-30-27-24-21-18-15-12-9-6-3)104-122-110(115)98-95-92-89-86-83-80-77-74-71-68-66-63-61-59-57-55-53-51-49-47-45-43-41-38-35-32-29-26-23-20-17-14-11-8-5-2/h9,12,16-21,25-30,34-39,42-45,69,72,78,81,106-108,112-113H,4-8,10-11,13-15,22-24,31-33,40-41,46-68,70-71,73-77,79-80,82-105H2,1-3H3,(H,117,118)(H,119,120)/b12-9-,19-16-,20-17-,21-18-,28-25-,29-26-,30-27-,37-34-,38-35-,39-36-,44-42-,45-43-,72-69-,81-78-. The number of rotatable bonds is 99. The Morgan fingerprint density at radius 1 is 0.225 bits per heavy atom. The fourth-order valence-electron chi connectivity index (χ4n) is 14.5. The van der Waals surface area contributed by atoms with Crippen LogP contribution < -0.4 is 0 Å². The van der Waals surface area contributed by atoms with E-state index in [4.69, 9.17) is 32.3 Å². The predicted octanol–water partition coefficient (Wildman–Crippen LogP) is 33.3. The lowest BCUT2D eigenvalue weighted by molar-refractivity contribution is -0.161. The molecule has 5 atom stereocenters. The van der Waals surface area contributed by atoms with Crippen LogP contribution in [0.25, 0.3) is 0 Å². The van der Waals surface area contributed by atoms with E-state index in [0.717, 1.165) is 141 Å². The van der Waals surface area contributed by atoms with Gasteiger partial charge in [-0.2, -0.15) is 0 Å². The lowest BCUT2D eigenvalue weighted by atomic mass is 10.0. The van der Waals surface area contributed by atoms with Gasteiger partial charge in [-0.15, -0.1) is 0 Å². The number of carbonyl (C=O) groups excluding carboxylic acids is 3. The molecule has 0 aliphatic heterocycles. The smallest absolute Gasteiger partial charge is 0.463 e. The van der Waals surface area contributed by atoms with Gasteiger partial charge in [-0.25, -0.2) is 9.13 Å². The Balaban J connectivity index is 4.55. The van der Waals surface area contributed by atoms with Crippen LogP contribution in [0, 0.1) is 0 Å². The second kappa shape index (κ2) is 102. The van der Waals surface area contributed by atoms with Gasteiger partial charge in [0, 0.05) is 19.3 Å². The van der Waals surface area contributed by atoms with Gasteiger partial charge in [0.2, 0.25) is 0 Å². The largest absolute Gasteiger partial charge is 0.472 e. The van der Waals surface area contributed by atoms with Crippen molar-refractivity contribution in [2.24, 2.45) is 0 Å². The molecule has 0 aliphatic carbocycles. The van der Waals surface area contributed by atoms with Gasteiger partial charge in [0.15, 0.2) is 6.10 Å². The van der Waals surface area contributed by atoms with Crippen molar-refractivity contribution in [2.75, 3.05) is 39.6 Å². The van der Waals surface area contributed by atoms with E-state index in [9.17, 15) is 43.5 Å². The van der Waals surface area contributed by atoms with Gasteiger partial charge >= 0.3 is 33.6 Å². The molecule has 0 aromatic heterocycles. The summed E-state index contributed by atoms with van der Waals surface area (Å²) in [6, 6.07) is 0. The molecule has 742 valence electrons. The highest BCUT2D eigenvalue weighted by molar-refractivity contribution is 7.47. The van der Waals surface area contributed by atoms with Crippen LogP contribution in [0.5, 0.6) is 0 Å². The third kappa shape index (κ3) is 103. The summed E-state index contributed by atoms with van der Waals surface area (Å²) in [5.74, 6) is -1.59. The minimum Gasteiger partial charge on any atom is -0.463 e. The van der Waals surface area contributed by atoms with E-state index in [0.29, 0.717) is 19.3 Å². The maximum absolute atomic E-state index is 13.1. The van der Waals surface area contributed by atoms with Gasteiger partial charge < -0.3 is 34.2 Å². The molecule has 0 aromatic carbocycles. The predicted molar refractivity (Wildman–Crippen MR) is 546 cm³/mol. The Morgan fingerprint density at radius 3 is 0.651 bits per heavy atom. The second-order valence-corrected chi connectivity index (χ2v) is 37.9. The van der Waals surface area contributed by atoms with Crippen molar-refractivity contribution in [2.45, 2.75) is 476 Å². The number of allylic oxidation sites excluding steroid dienone is 28. The third-order valence-corrected chi connectivity index (χ3v) is 24.3. The first-order valence-electron chi connectivity index (χ1n) is 52.4. The van der Waals surface area contributed by atoms with E-state index in [1.165, 1.54) is 257 Å². The number of esters is 3. The van der Waals surface area contributed by atoms with E-state index in [-0.39, 0.29) is 19.3 Å². The summed E-state index contributed by atoms with van der Waals surface area (Å²) in [4.78, 5) is 59.2. The highest BCUT2D eigenvalue weighted by Gasteiger charge is 2.30. The number of phosphoric ester groups is 2. The molecule has 0 heterocycles. The summed E-state index contributed by atoms with van der Waals surface area (Å²) in [6.45, 7) is 2.55. The average Bonchev–Trinajstić information content (AvgIpc) is 0.895. The zero-order valence-corrected chi connectivity index (χ0v) is 84.1. The van der Waals surface area contributed by atoms with Crippen LogP contribution in [0.1, 0.15) is 457 Å². The molecule has 0 spiro atoms. The van der Waals surface area contributed by atoms with E-state index >= 15 is 0 Å². The van der Waals surface area contributed by atoms with Crippen molar-refractivity contribution in [3.8, 4) is 0 Å². The highest BCUT2D eigenvalue weighted by atomic mass is 31.2. The number of carbonyl (C=O) groups is 3. The van der Waals surface area contributed by atoms with E-state index in [1.807, 2.05) is 0 Å². The molecule has 0 rings (SSSR count). The second-order valence-electron chi connectivity index (χ2n) is 35.0. The molecule has 5 unspecified atom stereocenters. The Bertz CT molecular complexity index is 3030. The van der Waals surface area contributed by atoms with E-state index < -0.39 is 91.5 Å². The number of hydrogen-bond acceptors (Lipinski definition) is 14. The van der Waals surface area contributed by atoms with Gasteiger partial charge in [-0.05, 0) is 161 Å². The van der Waals surface area contributed by atoms with Gasteiger partial charge in [0.05, 0.1) is 26.4 Å². The number of unbranched alkanes of at least 4 members (excludes halogenated alkanes) is 48. The first-order valence-corrected chi connectivity index (χ1v) is 55.4. The number of aliphatic hydroxyl groups excluding tert-OH is 2. The van der Waals surface area contributed by atoms with Crippen LogP contribution >= 0.6 is 15.6 Å². The summed E-state index contributed by atoms with van der Waals surface area (Å²) in [6.07, 6.45) is 134.